The highest BCUT2D eigenvalue weighted by atomic mass is 79.9. The number of halogens is 3. The molecule has 0 N–H and O–H groups in total. The van der Waals surface area contributed by atoms with Gasteiger partial charge in [-0.15, -0.1) is 12.6 Å². The van der Waals surface area contributed by atoms with E-state index in [4.69, 9.17) is 0 Å². The van der Waals surface area contributed by atoms with Crippen LogP contribution in [-0.2, 0) is 0 Å². The highest BCUT2D eigenvalue weighted by Gasteiger charge is 2.05. The summed E-state index contributed by atoms with van der Waals surface area (Å²) < 4.78 is 24.9. The van der Waals surface area contributed by atoms with Crippen molar-refractivity contribution >= 4 is 28.6 Å². The molecule has 0 saturated heterocycles. The monoisotopic (exact) mass is 224 g/mol. The average Bonchev–Trinajstić information content (AvgIpc) is 1.82. The molecular formula is C6H3BrF2S. The van der Waals surface area contributed by atoms with E-state index in [-0.39, 0.29) is 9.37 Å². The molecule has 0 aliphatic rings. The zero-order valence-electron chi connectivity index (χ0n) is 4.74. The topological polar surface area (TPSA) is 0 Å². The lowest BCUT2D eigenvalue weighted by molar-refractivity contribution is 0.566. The lowest BCUT2D eigenvalue weighted by atomic mass is 10.3. The molecule has 1 aromatic rings. The van der Waals surface area contributed by atoms with Crippen molar-refractivity contribution in [2.45, 2.75) is 4.90 Å². The van der Waals surface area contributed by atoms with Gasteiger partial charge in [-0.25, -0.2) is 8.78 Å². The number of hydrogen-bond acceptors (Lipinski definition) is 1. The maximum atomic E-state index is 12.5. The highest BCUT2D eigenvalue weighted by Crippen LogP contribution is 2.22. The summed E-state index contributed by atoms with van der Waals surface area (Å²) in [5, 5.41) is 0. The van der Waals surface area contributed by atoms with Crippen LogP contribution in [0.4, 0.5) is 8.78 Å². The van der Waals surface area contributed by atoms with E-state index < -0.39 is 11.6 Å². The largest absolute Gasteiger partial charge is 0.206 e. The summed E-state index contributed by atoms with van der Waals surface area (Å²) in [5.41, 5.74) is 0. The molecule has 0 fully saturated rings. The first-order chi connectivity index (χ1) is 4.61. The van der Waals surface area contributed by atoms with Crippen LogP contribution in [0.2, 0.25) is 0 Å². The molecule has 1 rings (SSSR count). The molecule has 0 radical (unpaired) electrons. The SMILES string of the molecule is Fc1cc(S)cc(F)c1Br. The van der Waals surface area contributed by atoms with Crippen LogP contribution < -0.4 is 0 Å². The van der Waals surface area contributed by atoms with E-state index in [1.807, 2.05) is 0 Å². The van der Waals surface area contributed by atoms with Gasteiger partial charge in [0.05, 0.1) is 4.47 Å². The minimum atomic E-state index is -0.634. The number of thiol groups is 1. The van der Waals surface area contributed by atoms with Gasteiger partial charge < -0.3 is 0 Å². The number of rotatable bonds is 0. The van der Waals surface area contributed by atoms with Gasteiger partial charge in [0, 0.05) is 4.90 Å². The van der Waals surface area contributed by atoms with Gasteiger partial charge in [-0.05, 0) is 28.1 Å². The molecule has 54 valence electrons. The van der Waals surface area contributed by atoms with Crippen LogP contribution in [-0.4, -0.2) is 0 Å². The Kier molecular flexibility index (Phi) is 2.31. The molecule has 4 heteroatoms. The smallest absolute Gasteiger partial charge is 0.141 e. The van der Waals surface area contributed by atoms with Crippen molar-refractivity contribution in [1.82, 2.24) is 0 Å². The van der Waals surface area contributed by atoms with E-state index in [9.17, 15) is 8.78 Å². The van der Waals surface area contributed by atoms with E-state index in [0.717, 1.165) is 12.1 Å². The van der Waals surface area contributed by atoms with E-state index >= 15 is 0 Å². The van der Waals surface area contributed by atoms with Gasteiger partial charge in [-0.3, -0.25) is 0 Å². The Labute approximate surface area is 70.8 Å². The predicted octanol–water partition coefficient (Wildman–Crippen LogP) is 3.02. The Morgan fingerprint density at radius 2 is 1.60 bits per heavy atom. The summed E-state index contributed by atoms with van der Waals surface area (Å²) >= 11 is 6.50. The van der Waals surface area contributed by atoms with Crippen LogP contribution in [0, 0.1) is 11.6 Å². The number of benzene rings is 1. The minimum Gasteiger partial charge on any atom is -0.206 e. The van der Waals surface area contributed by atoms with Crippen molar-refractivity contribution in [2.75, 3.05) is 0 Å². The fourth-order valence-corrected chi connectivity index (χ4v) is 0.998. The van der Waals surface area contributed by atoms with Crippen molar-refractivity contribution in [3.05, 3.63) is 28.2 Å². The van der Waals surface area contributed by atoms with E-state index in [2.05, 4.69) is 28.6 Å². The van der Waals surface area contributed by atoms with Crippen molar-refractivity contribution in [3.63, 3.8) is 0 Å². The molecule has 0 heterocycles. The third kappa shape index (κ3) is 1.49. The normalized spacial score (nSPS) is 10.0. The summed E-state index contributed by atoms with van der Waals surface area (Å²) in [5.74, 6) is -1.27. The molecular weight excluding hydrogens is 222 g/mol. The summed E-state index contributed by atoms with van der Waals surface area (Å²) in [7, 11) is 0. The predicted molar refractivity (Wildman–Crippen MR) is 41.3 cm³/mol. The van der Waals surface area contributed by atoms with Crippen molar-refractivity contribution in [3.8, 4) is 0 Å². The Balaban J connectivity index is 3.31. The van der Waals surface area contributed by atoms with E-state index in [0.29, 0.717) is 0 Å². The van der Waals surface area contributed by atoms with Crippen molar-refractivity contribution in [2.24, 2.45) is 0 Å². The zero-order valence-corrected chi connectivity index (χ0v) is 7.22. The molecule has 0 bridgehead atoms. The second-order valence-electron chi connectivity index (χ2n) is 1.72. The van der Waals surface area contributed by atoms with E-state index in [1.165, 1.54) is 0 Å². The Morgan fingerprint density at radius 3 is 2.00 bits per heavy atom. The third-order valence-corrected chi connectivity index (χ3v) is 1.98. The molecule has 0 aliphatic heterocycles. The Bertz CT molecular complexity index is 239. The van der Waals surface area contributed by atoms with Crippen LogP contribution >= 0.6 is 28.6 Å². The molecule has 0 aromatic heterocycles. The molecule has 0 amide bonds. The molecule has 1 aromatic carbocycles. The van der Waals surface area contributed by atoms with Crippen molar-refractivity contribution < 1.29 is 8.78 Å². The summed E-state index contributed by atoms with van der Waals surface area (Å²) in [6.07, 6.45) is 0. The third-order valence-electron chi connectivity index (χ3n) is 0.969. The highest BCUT2D eigenvalue weighted by molar-refractivity contribution is 9.10. The first-order valence-corrected chi connectivity index (χ1v) is 3.69. The molecule has 0 spiro atoms. The van der Waals surface area contributed by atoms with Crippen LogP contribution in [0.5, 0.6) is 0 Å². The molecule has 0 atom stereocenters. The summed E-state index contributed by atoms with van der Waals surface area (Å²) in [6.45, 7) is 0. The van der Waals surface area contributed by atoms with Crippen LogP contribution in [0.3, 0.4) is 0 Å². The van der Waals surface area contributed by atoms with Crippen LogP contribution in [0.1, 0.15) is 0 Å². The summed E-state index contributed by atoms with van der Waals surface area (Å²) in [4.78, 5) is 0.276. The Morgan fingerprint density at radius 1 is 1.20 bits per heavy atom. The standard InChI is InChI=1S/C6H3BrF2S/c7-6-4(8)1-3(10)2-5(6)9/h1-2,10H. The van der Waals surface area contributed by atoms with Gasteiger partial charge in [-0.2, -0.15) is 0 Å². The second kappa shape index (κ2) is 2.88. The molecule has 0 saturated carbocycles. The van der Waals surface area contributed by atoms with Gasteiger partial charge in [-0.1, -0.05) is 0 Å². The maximum absolute atomic E-state index is 12.5. The van der Waals surface area contributed by atoms with E-state index in [1.54, 1.807) is 0 Å². The first kappa shape index (κ1) is 8.01. The van der Waals surface area contributed by atoms with Gasteiger partial charge >= 0.3 is 0 Å². The first-order valence-electron chi connectivity index (χ1n) is 2.45. The number of hydrogen-bond donors (Lipinski definition) is 1. The van der Waals surface area contributed by atoms with Crippen molar-refractivity contribution in [1.29, 1.82) is 0 Å². The van der Waals surface area contributed by atoms with Gasteiger partial charge in [0.15, 0.2) is 0 Å². The van der Waals surface area contributed by atoms with Crippen LogP contribution in [0.25, 0.3) is 0 Å². The fourth-order valence-electron chi connectivity index (χ4n) is 0.542. The average molecular weight is 225 g/mol. The molecule has 0 nitrogen and oxygen atoms in total. The molecule has 0 unspecified atom stereocenters. The molecule has 10 heavy (non-hydrogen) atoms. The molecule has 0 aliphatic carbocycles. The van der Waals surface area contributed by atoms with Gasteiger partial charge in [0.25, 0.3) is 0 Å². The second-order valence-corrected chi connectivity index (χ2v) is 3.03. The Hall–Kier alpha value is -0.0900. The zero-order chi connectivity index (χ0) is 7.72. The quantitative estimate of drug-likeness (QED) is 0.509. The minimum absolute atomic E-state index is 0.148. The van der Waals surface area contributed by atoms with Gasteiger partial charge in [0.2, 0.25) is 0 Å². The maximum Gasteiger partial charge on any atom is 0.141 e. The fraction of sp³-hybridized carbons (Fsp3) is 0. The van der Waals surface area contributed by atoms with Crippen LogP contribution in [0.15, 0.2) is 21.5 Å². The lowest BCUT2D eigenvalue weighted by Gasteiger charge is -1.96. The van der Waals surface area contributed by atoms with Gasteiger partial charge in [0.1, 0.15) is 11.6 Å². The summed E-state index contributed by atoms with van der Waals surface area (Å²) in [6, 6.07) is 2.27. The lowest BCUT2D eigenvalue weighted by Crippen LogP contribution is -1.83.